The maximum Gasteiger partial charge on any atom is 0.307 e. The number of aliphatic carboxylic acids is 1. The summed E-state index contributed by atoms with van der Waals surface area (Å²) in [6.45, 7) is 4.03. The Morgan fingerprint density at radius 1 is 1.27 bits per heavy atom. The highest BCUT2D eigenvalue weighted by Crippen LogP contribution is 2.42. The predicted octanol–water partition coefficient (Wildman–Crippen LogP) is 1.01. The van der Waals surface area contributed by atoms with Gasteiger partial charge in [0.15, 0.2) is 0 Å². The molecule has 84 valence electrons. The van der Waals surface area contributed by atoms with Crippen molar-refractivity contribution in [1.82, 2.24) is 5.32 Å². The molecular weight excluding hydrogens is 194 g/mol. The standard InChI is InChI=1S/C11H17NO3/c1-11(2,6-3-4-6)12-9(13)7-5-8(7)10(14)15/h6-8H,3-5H2,1-2H3,(H,12,13)(H,14,15)/t7-,8+/m1/s1. The Labute approximate surface area is 89.0 Å². The van der Waals surface area contributed by atoms with E-state index in [2.05, 4.69) is 5.32 Å². The van der Waals surface area contributed by atoms with Gasteiger partial charge in [-0.3, -0.25) is 9.59 Å². The van der Waals surface area contributed by atoms with Crippen molar-refractivity contribution in [2.75, 3.05) is 0 Å². The highest BCUT2D eigenvalue weighted by Gasteiger charge is 2.50. The van der Waals surface area contributed by atoms with Gasteiger partial charge in [0.05, 0.1) is 11.8 Å². The van der Waals surface area contributed by atoms with E-state index < -0.39 is 11.9 Å². The average molecular weight is 211 g/mol. The van der Waals surface area contributed by atoms with Crippen LogP contribution in [0.15, 0.2) is 0 Å². The fourth-order valence-electron chi connectivity index (χ4n) is 2.08. The molecule has 0 radical (unpaired) electrons. The second-order valence-corrected chi connectivity index (χ2v) is 5.27. The van der Waals surface area contributed by atoms with Crippen molar-refractivity contribution in [3.05, 3.63) is 0 Å². The van der Waals surface area contributed by atoms with Crippen LogP contribution in [0, 0.1) is 17.8 Å². The Morgan fingerprint density at radius 2 is 1.87 bits per heavy atom. The molecule has 2 rings (SSSR count). The molecule has 4 heteroatoms. The Hall–Kier alpha value is -1.06. The predicted molar refractivity (Wildman–Crippen MR) is 54.2 cm³/mol. The summed E-state index contributed by atoms with van der Waals surface area (Å²) >= 11 is 0. The van der Waals surface area contributed by atoms with E-state index >= 15 is 0 Å². The van der Waals surface area contributed by atoms with Crippen LogP contribution in [0.2, 0.25) is 0 Å². The molecule has 0 spiro atoms. The number of carboxylic acid groups (broad SMARTS) is 1. The fourth-order valence-corrected chi connectivity index (χ4v) is 2.08. The first-order chi connectivity index (χ1) is 6.92. The van der Waals surface area contributed by atoms with Gasteiger partial charge in [-0.1, -0.05) is 0 Å². The number of carboxylic acids is 1. The number of hydrogen-bond donors (Lipinski definition) is 2. The van der Waals surface area contributed by atoms with E-state index in [1.807, 2.05) is 13.8 Å². The van der Waals surface area contributed by atoms with Crippen LogP contribution in [0.1, 0.15) is 33.1 Å². The largest absolute Gasteiger partial charge is 0.481 e. The number of nitrogens with one attached hydrogen (secondary N) is 1. The molecule has 0 heterocycles. The number of rotatable bonds is 4. The van der Waals surface area contributed by atoms with Gasteiger partial charge >= 0.3 is 5.97 Å². The van der Waals surface area contributed by atoms with Gasteiger partial charge in [-0.05, 0) is 39.0 Å². The van der Waals surface area contributed by atoms with Crippen LogP contribution in [0.3, 0.4) is 0 Å². The summed E-state index contributed by atoms with van der Waals surface area (Å²) in [5.74, 6) is -1.09. The summed E-state index contributed by atoms with van der Waals surface area (Å²) in [7, 11) is 0. The van der Waals surface area contributed by atoms with Gasteiger partial charge in [-0.2, -0.15) is 0 Å². The van der Waals surface area contributed by atoms with Crippen molar-refractivity contribution in [1.29, 1.82) is 0 Å². The monoisotopic (exact) mass is 211 g/mol. The normalized spacial score (nSPS) is 29.7. The summed E-state index contributed by atoms with van der Waals surface area (Å²) in [4.78, 5) is 22.3. The molecule has 0 bridgehead atoms. The third-order valence-corrected chi connectivity index (χ3v) is 3.49. The molecule has 0 aromatic rings. The lowest BCUT2D eigenvalue weighted by molar-refractivity contribution is -0.140. The highest BCUT2D eigenvalue weighted by molar-refractivity contribution is 5.89. The number of carbonyl (C=O) groups is 2. The minimum atomic E-state index is -0.848. The smallest absolute Gasteiger partial charge is 0.307 e. The van der Waals surface area contributed by atoms with Crippen LogP contribution in [-0.2, 0) is 9.59 Å². The van der Waals surface area contributed by atoms with E-state index in [1.165, 1.54) is 12.8 Å². The fraction of sp³-hybridized carbons (Fsp3) is 0.818. The molecule has 2 saturated carbocycles. The molecule has 0 aliphatic heterocycles. The first kappa shape index (κ1) is 10.5. The molecule has 2 N–H and O–H groups in total. The zero-order chi connectivity index (χ0) is 11.2. The quantitative estimate of drug-likeness (QED) is 0.729. The minimum absolute atomic E-state index is 0.0840. The van der Waals surface area contributed by atoms with Gasteiger partial charge in [-0.25, -0.2) is 0 Å². The third-order valence-electron chi connectivity index (χ3n) is 3.49. The maximum atomic E-state index is 11.7. The lowest BCUT2D eigenvalue weighted by Gasteiger charge is -2.26. The van der Waals surface area contributed by atoms with Crippen molar-refractivity contribution >= 4 is 11.9 Å². The first-order valence-corrected chi connectivity index (χ1v) is 5.46. The molecular formula is C11H17NO3. The lowest BCUT2D eigenvalue weighted by Crippen LogP contribution is -2.46. The Morgan fingerprint density at radius 3 is 2.27 bits per heavy atom. The van der Waals surface area contributed by atoms with Crippen molar-refractivity contribution in [2.45, 2.75) is 38.6 Å². The van der Waals surface area contributed by atoms with Gasteiger partial charge < -0.3 is 10.4 Å². The van der Waals surface area contributed by atoms with Crippen LogP contribution in [0.25, 0.3) is 0 Å². The van der Waals surface area contributed by atoms with Gasteiger partial charge in [0.25, 0.3) is 0 Å². The molecule has 0 aromatic carbocycles. The van der Waals surface area contributed by atoms with Gasteiger partial charge in [0.2, 0.25) is 5.91 Å². The van der Waals surface area contributed by atoms with E-state index in [9.17, 15) is 9.59 Å². The topological polar surface area (TPSA) is 66.4 Å². The summed E-state index contributed by atoms with van der Waals surface area (Å²) in [5.41, 5.74) is -0.164. The number of carbonyl (C=O) groups excluding carboxylic acids is 1. The number of amides is 1. The van der Waals surface area contributed by atoms with Crippen molar-refractivity contribution in [3.8, 4) is 0 Å². The van der Waals surface area contributed by atoms with E-state index in [-0.39, 0.29) is 17.4 Å². The number of hydrogen-bond acceptors (Lipinski definition) is 2. The van der Waals surface area contributed by atoms with Crippen molar-refractivity contribution in [3.63, 3.8) is 0 Å². The van der Waals surface area contributed by atoms with E-state index in [4.69, 9.17) is 5.11 Å². The van der Waals surface area contributed by atoms with Gasteiger partial charge in [-0.15, -0.1) is 0 Å². The second-order valence-electron chi connectivity index (χ2n) is 5.27. The van der Waals surface area contributed by atoms with Crippen LogP contribution in [-0.4, -0.2) is 22.5 Å². The first-order valence-electron chi connectivity index (χ1n) is 5.46. The molecule has 0 aromatic heterocycles. The molecule has 15 heavy (non-hydrogen) atoms. The molecule has 2 aliphatic rings. The third kappa shape index (κ3) is 2.13. The summed E-state index contributed by atoms with van der Waals surface area (Å²) in [6, 6.07) is 0. The Kier molecular flexibility index (Phi) is 2.24. The Bertz CT molecular complexity index is 307. The highest BCUT2D eigenvalue weighted by atomic mass is 16.4. The van der Waals surface area contributed by atoms with Crippen LogP contribution >= 0.6 is 0 Å². The minimum Gasteiger partial charge on any atom is -0.481 e. The maximum absolute atomic E-state index is 11.7. The lowest BCUT2D eigenvalue weighted by atomic mass is 9.98. The van der Waals surface area contributed by atoms with Crippen molar-refractivity contribution < 1.29 is 14.7 Å². The molecule has 0 saturated heterocycles. The zero-order valence-electron chi connectivity index (χ0n) is 9.12. The van der Waals surface area contributed by atoms with Gasteiger partial charge in [0, 0.05) is 5.54 Å². The molecule has 1 amide bonds. The zero-order valence-corrected chi connectivity index (χ0v) is 9.12. The molecule has 2 aliphatic carbocycles. The van der Waals surface area contributed by atoms with E-state index in [0.29, 0.717) is 12.3 Å². The van der Waals surface area contributed by atoms with Crippen LogP contribution < -0.4 is 5.32 Å². The van der Waals surface area contributed by atoms with Gasteiger partial charge in [0.1, 0.15) is 0 Å². The van der Waals surface area contributed by atoms with Crippen LogP contribution in [0.4, 0.5) is 0 Å². The molecule has 2 atom stereocenters. The average Bonchev–Trinajstić information content (AvgIpc) is 2.98. The SMILES string of the molecule is CC(C)(NC(=O)[C@@H]1C[C@@H]1C(=O)O)C1CC1. The summed E-state index contributed by atoms with van der Waals surface area (Å²) < 4.78 is 0. The second kappa shape index (κ2) is 3.22. The summed E-state index contributed by atoms with van der Waals surface area (Å²) in [6.07, 6.45) is 2.84. The van der Waals surface area contributed by atoms with E-state index in [1.54, 1.807) is 0 Å². The molecule has 4 nitrogen and oxygen atoms in total. The Balaban J connectivity index is 1.85. The molecule has 2 fully saturated rings. The summed E-state index contributed by atoms with van der Waals surface area (Å²) in [5, 5.41) is 11.7. The van der Waals surface area contributed by atoms with E-state index in [0.717, 1.165) is 0 Å². The molecule has 0 unspecified atom stereocenters. The van der Waals surface area contributed by atoms with Crippen molar-refractivity contribution in [2.24, 2.45) is 17.8 Å². The van der Waals surface area contributed by atoms with Crippen LogP contribution in [0.5, 0.6) is 0 Å².